The van der Waals surface area contributed by atoms with E-state index < -0.39 is 0 Å². The van der Waals surface area contributed by atoms with Crippen molar-refractivity contribution in [2.75, 3.05) is 6.61 Å². The Morgan fingerprint density at radius 2 is 1.41 bits per heavy atom. The molecule has 0 saturated carbocycles. The van der Waals surface area contributed by atoms with Gasteiger partial charge in [-0.1, -0.05) is 84.6 Å². The number of rotatable bonds is 15. The second-order valence-corrected chi connectivity index (χ2v) is 6.78. The van der Waals surface area contributed by atoms with E-state index in [0.29, 0.717) is 12.2 Å². The fourth-order valence-corrected chi connectivity index (χ4v) is 2.67. The Morgan fingerprint density at radius 1 is 0.909 bits per heavy atom. The van der Waals surface area contributed by atoms with E-state index in [-0.39, 0.29) is 5.97 Å². The molecule has 2 heteroatoms. The van der Waals surface area contributed by atoms with Gasteiger partial charge in [-0.05, 0) is 25.7 Å². The molecule has 0 bridgehead atoms. The smallest absolute Gasteiger partial charge is 0.333 e. The third kappa shape index (κ3) is 14.2. The van der Waals surface area contributed by atoms with Crippen molar-refractivity contribution in [3.63, 3.8) is 0 Å². The van der Waals surface area contributed by atoms with Gasteiger partial charge in [0.15, 0.2) is 0 Å². The van der Waals surface area contributed by atoms with Crippen LogP contribution in [0, 0.1) is 5.92 Å². The Labute approximate surface area is 138 Å². The van der Waals surface area contributed by atoms with Gasteiger partial charge in [0.2, 0.25) is 0 Å². The molecule has 0 rings (SSSR count). The number of esters is 1. The summed E-state index contributed by atoms with van der Waals surface area (Å²) in [5, 5.41) is 0. The lowest BCUT2D eigenvalue weighted by molar-refractivity contribution is -0.139. The average molecular weight is 311 g/mol. The first kappa shape index (κ1) is 21.2. The van der Waals surface area contributed by atoms with Crippen LogP contribution in [0.3, 0.4) is 0 Å². The highest BCUT2D eigenvalue weighted by atomic mass is 16.5. The zero-order chi connectivity index (χ0) is 16.6. The number of hydrogen-bond donors (Lipinski definition) is 0. The summed E-state index contributed by atoms with van der Waals surface area (Å²) in [4.78, 5) is 11.2. The molecule has 0 radical (unpaired) electrons. The fourth-order valence-electron chi connectivity index (χ4n) is 2.67. The van der Waals surface area contributed by atoms with Gasteiger partial charge in [0.1, 0.15) is 0 Å². The number of carbonyl (C=O) groups excluding carboxylic acids is 1. The Kier molecular flexibility index (Phi) is 14.6. The van der Waals surface area contributed by atoms with Crippen LogP contribution >= 0.6 is 0 Å². The normalized spacial score (nSPS) is 12.1. The Bertz CT molecular complexity index is 283. The maximum absolute atomic E-state index is 11.2. The molecule has 2 nitrogen and oxygen atoms in total. The van der Waals surface area contributed by atoms with Crippen LogP contribution in [0.5, 0.6) is 0 Å². The maximum atomic E-state index is 11.2. The summed E-state index contributed by atoms with van der Waals surface area (Å²) >= 11 is 0. The zero-order valence-electron chi connectivity index (χ0n) is 15.3. The minimum absolute atomic E-state index is 0.258. The van der Waals surface area contributed by atoms with Crippen LogP contribution in [0.2, 0.25) is 0 Å². The molecule has 0 heterocycles. The van der Waals surface area contributed by atoms with Crippen LogP contribution in [0.1, 0.15) is 97.8 Å². The molecule has 0 aromatic carbocycles. The molecule has 0 aliphatic rings. The highest BCUT2D eigenvalue weighted by molar-refractivity contribution is 5.86. The van der Waals surface area contributed by atoms with Crippen LogP contribution in [-0.2, 0) is 9.53 Å². The third-order valence-electron chi connectivity index (χ3n) is 4.22. The van der Waals surface area contributed by atoms with Crippen LogP contribution in [0.25, 0.3) is 0 Å². The molecule has 0 aliphatic heterocycles. The molecule has 0 fully saturated rings. The SMILES string of the molecule is C=C(C)C(=O)OCCCC(C)CCCCCCCCCCC. The summed E-state index contributed by atoms with van der Waals surface area (Å²) in [5.74, 6) is 0.486. The Balaban J connectivity index is 3.27. The van der Waals surface area contributed by atoms with Crippen molar-refractivity contribution in [3.05, 3.63) is 12.2 Å². The molecule has 0 spiro atoms. The minimum atomic E-state index is -0.258. The summed E-state index contributed by atoms with van der Waals surface area (Å²) < 4.78 is 5.11. The van der Waals surface area contributed by atoms with Crippen LogP contribution in [0.15, 0.2) is 12.2 Å². The van der Waals surface area contributed by atoms with Crippen molar-refractivity contribution < 1.29 is 9.53 Å². The van der Waals surface area contributed by atoms with E-state index in [4.69, 9.17) is 4.74 Å². The highest BCUT2D eigenvalue weighted by Crippen LogP contribution is 2.16. The highest BCUT2D eigenvalue weighted by Gasteiger charge is 2.05. The van der Waals surface area contributed by atoms with Crippen LogP contribution in [0.4, 0.5) is 0 Å². The number of carbonyl (C=O) groups is 1. The molecular weight excluding hydrogens is 272 g/mol. The van der Waals surface area contributed by atoms with Gasteiger partial charge in [0.05, 0.1) is 6.61 Å². The van der Waals surface area contributed by atoms with E-state index in [1.54, 1.807) is 6.92 Å². The summed E-state index contributed by atoms with van der Waals surface area (Å²) in [7, 11) is 0. The second-order valence-electron chi connectivity index (χ2n) is 6.78. The molecule has 22 heavy (non-hydrogen) atoms. The summed E-state index contributed by atoms with van der Waals surface area (Å²) in [5.41, 5.74) is 0.489. The van der Waals surface area contributed by atoms with Gasteiger partial charge in [-0.15, -0.1) is 0 Å². The van der Waals surface area contributed by atoms with Crippen molar-refractivity contribution in [2.24, 2.45) is 5.92 Å². The molecule has 1 unspecified atom stereocenters. The van der Waals surface area contributed by atoms with Crippen molar-refractivity contribution in [3.8, 4) is 0 Å². The molecule has 0 saturated heterocycles. The predicted octanol–water partition coefficient (Wildman–Crippen LogP) is 6.44. The van der Waals surface area contributed by atoms with Crippen LogP contribution in [-0.4, -0.2) is 12.6 Å². The van der Waals surface area contributed by atoms with Crippen LogP contribution < -0.4 is 0 Å². The number of hydrogen-bond acceptors (Lipinski definition) is 2. The molecule has 0 aromatic rings. The molecule has 0 amide bonds. The summed E-state index contributed by atoms with van der Waals surface area (Å²) in [6, 6.07) is 0. The van der Waals surface area contributed by atoms with Crippen molar-refractivity contribution in [1.29, 1.82) is 0 Å². The summed E-state index contributed by atoms with van der Waals surface area (Å²) in [6.07, 6.45) is 16.0. The van der Waals surface area contributed by atoms with Gasteiger partial charge in [-0.25, -0.2) is 4.79 Å². The number of ether oxygens (including phenoxy) is 1. The molecule has 130 valence electrons. The molecular formula is C20H38O2. The molecule has 0 N–H and O–H groups in total. The second kappa shape index (κ2) is 15.1. The minimum Gasteiger partial charge on any atom is -0.462 e. The monoisotopic (exact) mass is 310 g/mol. The van der Waals surface area contributed by atoms with E-state index >= 15 is 0 Å². The van der Waals surface area contributed by atoms with Crippen molar-refractivity contribution in [2.45, 2.75) is 97.8 Å². The Morgan fingerprint density at radius 3 is 1.95 bits per heavy atom. The quantitative estimate of drug-likeness (QED) is 0.197. The Hall–Kier alpha value is -0.790. The van der Waals surface area contributed by atoms with Gasteiger partial charge in [0.25, 0.3) is 0 Å². The van der Waals surface area contributed by atoms with Crippen molar-refractivity contribution in [1.82, 2.24) is 0 Å². The van der Waals surface area contributed by atoms with E-state index in [1.165, 1.54) is 64.2 Å². The van der Waals surface area contributed by atoms with Gasteiger partial charge in [-0.3, -0.25) is 0 Å². The lowest BCUT2D eigenvalue weighted by atomic mass is 9.97. The summed E-state index contributed by atoms with van der Waals surface area (Å²) in [6.45, 7) is 10.4. The van der Waals surface area contributed by atoms with Crippen molar-refractivity contribution >= 4 is 5.97 Å². The van der Waals surface area contributed by atoms with E-state index in [1.807, 2.05) is 0 Å². The molecule has 0 aliphatic carbocycles. The lowest BCUT2D eigenvalue weighted by Gasteiger charge is -2.11. The average Bonchev–Trinajstić information content (AvgIpc) is 2.49. The predicted molar refractivity (Wildman–Crippen MR) is 96.0 cm³/mol. The van der Waals surface area contributed by atoms with E-state index in [2.05, 4.69) is 20.4 Å². The molecule has 0 aromatic heterocycles. The first-order chi connectivity index (χ1) is 10.6. The maximum Gasteiger partial charge on any atom is 0.333 e. The van der Waals surface area contributed by atoms with Gasteiger partial charge in [0, 0.05) is 5.57 Å². The largest absolute Gasteiger partial charge is 0.462 e. The van der Waals surface area contributed by atoms with E-state index in [9.17, 15) is 4.79 Å². The van der Waals surface area contributed by atoms with Gasteiger partial charge in [-0.2, -0.15) is 0 Å². The van der Waals surface area contributed by atoms with Gasteiger partial charge < -0.3 is 4.74 Å². The van der Waals surface area contributed by atoms with E-state index in [0.717, 1.165) is 18.8 Å². The topological polar surface area (TPSA) is 26.3 Å². The molecule has 1 atom stereocenters. The fraction of sp³-hybridized carbons (Fsp3) is 0.850. The standard InChI is InChI=1S/C20H38O2/c1-5-6-7-8-9-10-11-12-13-15-19(4)16-14-17-22-20(21)18(2)3/h19H,2,5-17H2,1,3-4H3. The van der Waals surface area contributed by atoms with Gasteiger partial charge >= 0.3 is 5.97 Å². The first-order valence-electron chi connectivity index (χ1n) is 9.40. The third-order valence-corrected chi connectivity index (χ3v) is 4.22. The zero-order valence-corrected chi connectivity index (χ0v) is 15.3. The first-order valence-corrected chi connectivity index (χ1v) is 9.40. The lowest BCUT2D eigenvalue weighted by Crippen LogP contribution is -2.07. The number of unbranched alkanes of at least 4 members (excludes halogenated alkanes) is 8.